The molecule has 0 saturated heterocycles. The Kier molecular flexibility index (Phi) is 2.28. The summed E-state index contributed by atoms with van der Waals surface area (Å²) in [5, 5.41) is 21.0. The highest BCUT2D eigenvalue weighted by Crippen LogP contribution is 2.15. The molecule has 2 heterocycles. The largest absolute Gasteiger partial charge is 0.467 e. The fourth-order valence-corrected chi connectivity index (χ4v) is 1.16. The van der Waals surface area contributed by atoms with Gasteiger partial charge in [0, 0.05) is 6.42 Å². The molecule has 0 bridgehead atoms. The zero-order valence-electron chi connectivity index (χ0n) is 7.66. The molecule has 1 N–H and O–H groups in total. The number of hydrogen-bond donors (Lipinski definition) is 1. The number of rotatable bonds is 3. The van der Waals surface area contributed by atoms with Crippen LogP contribution < -0.4 is 0 Å². The quantitative estimate of drug-likeness (QED) is 0.748. The molecule has 2 rings (SSSR count). The van der Waals surface area contributed by atoms with Gasteiger partial charge in [0.05, 0.1) is 13.3 Å². The molecule has 2 aromatic heterocycles. The van der Waals surface area contributed by atoms with Gasteiger partial charge in [-0.3, -0.25) is 0 Å². The fraction of sp³-hybridized carbons (Fsp3) is 0.375. The lowest BCUT2D eigenvalue weighted by atomic mass is 10.2. The van der Waals surface area contributed by atoms with Gasteiger partial charge >= 0.3 is 0 Å². The molecular weight excluding hydrogens is 184 g/mol. The maximum Gasteiger partial charge on any atom is 0.177 e. The Morgan fingerprint density at radius 1 is 1.64 bits per heavy atom. The van der Waals surface area contributed by atoms with E-state index in [-0.39, 0.29) is 0 Å². The van der Waals surface area contributed by atoms with Crippen LogP contribution in [0.25, 0.3) is 0 Å². The third-order valence-corrected chi connectivity index (χ3v) is 1.80. The van der Waals surface area contributed by atoms with Crippen molar-refractivity contribution in [1.29, 1.82) is 0 Å². The molecule has 0 aliphatic heterocycles. The van der Waals surface area contributed by atoms with Gasteiger partial charge in [0.2, 0.25) is 0 Å². The second-order valence-electron chi connectivity index (χ2n) is 2.93. The summed E-state index contributed by atoms with van der Waals surface area (Å²) in [6, 6.07) is 3.43. The van der Waals surface area contributed by atoms with Crippen LogP contribution in [-0.2, 0) is 13.5 Å². The van der Waals surface area contributed by atoms with Gasteiger partial charge in [-0.2, -0.15) is 4.80 Å². The third-order valence-electron chi connectivity index (χ3n) is 1.80. The molecule has 0 spiro atoms. The monoisotopic (exact) mass is 194 g/mol. The van der Waals surface area contributed by atoms with E-state index in [0.717, 1.165) is 0 Å². The average molecular weight is 194 g/mol. The van der Waals surface area contributed by atoms with Crippen molar-refractivity contribution in [2.45, 2.75) is 12.5 Å². The number of hydrogen-bond acceptors (Lipinski definition) is 5. The van der Waals surface area contributed by atoms with Crippen molar-refractivity contribution in [2.75, 3.05) is 0 Å². The topological polar surface area (TPSA) is 77.0 Å². The first-order valence-corrected chi connectivity index (χ1v) is 4.20. The van der Waals surface area contributed by atoms with Crippen molar-refractivity contribution < 1.29 is 9.52 Å². The molecule has 0 aromatic carbocycles. The molecule has 1 atom stereocenters. The first kappa shape index (κ1) is 8.89. The lowest BCUT2D eigenvalue weighted by Gasteiger charge is -2.02. The van der Waals surface area contributed by atoms with Crippen molar-refractivity contribution in [1.82, 2.24) is 20.2 Å². The van der Waals surface area contributed by atoms with E-state index in [1.165, 1.54) is 11.1 Å². The van der Waals surface area contributed by atoms with Gasteiger partial charge in [-0.1, -0.05) is 0 Å². The van der Waals surface area contributed by atoms with Crippen molar-refractivity contribution in [3.05, 3.63) is 30.0 Å². The minimum atomic E-state index is -0.714. The molecule has 0 saturated carbocycles. The van der Waals surface area contributed by atoms with Gasteiger partial charge in [-0.05, 0) is 17.3 Å². The average Bonchev–Trinajstić information content (AvgIpc) is 2.75. The third kappa shape index (κ3) is 1.80. The van der Waals surface area contributed by atoms with E-state index >= 15 is 0 Å². The van der Waals surface area contributed by atoms with Crippen LogP contribution in [0.15, 0.2) is 22.8 Å². The van der Waals surface area contributed by atoms with Crippen LogP contribution in [0.4, 0.5) is 0 Å². The molecule has 14 heavy (non-hydrogen) atoms. The fourth-order valence-electron chi connectivity index (χ4n) is 1.16. The minimum Gasteiger partial charge on any atom is -0.467 e. The molecule has 0 aliphatic carbocycles. The van der Waals surface area contributed by atoms with E-state index in [4.69, 9.17) is 4.42 Å². The Labute approximate surface area is 80.2 Å². The summed E-state index contributed by atoms with van der Waals surface area (Å²) >= 11 is 0. The Morgan fingerprint density at radius 3 is 3.07 bits per heavy atom. The lowest BCUT2D eigenvalue weighted by Crippen LogP contribution is -2.02. The van der Waals surface area contributed by atoms with Gasteiger partial charge < -0.3 is 9.52 Å². The maximum absolute atomic E-state index is 9.66. The SMILES string of the molecule is Cn1nnc(CC(O)c2ccco2)n1. The summed E-state index contributed by atoms with van der Waals surface area (Å²) in [4.78, 5) is 1.35. The summed E-state index contributed by atoms with van der Waals surface area (Å²) < 4.78 is 5.04. The first-order chi connectivity index (χ1) is 6.75. The van der Waals surface area contributed by atoms with Gasteiger partial charge in [0.15, 0.2) is 5.82 Å². The molecular formula is C8H10N4O2. The highest BCUT2D eigenvalue weighted by atomic mass is 16.4. The molecule has 0 amide bonds. The molecule has 0 radical (unpaired) electrons. The Hall–Kier alpha value is -1.69. The molecule has 1 unspecified atom stereocenters. The predicted molar refractivity (Wildman–Crippen MR) is 46.2 cm³/mol. The number of aromatic nitrogens is 4. The molecule has 0 fully saturated rings. The van der Waals surface area contributed by atoms with Crippen LogP contribution in [-0.4, -0.2) is 25.3 Å². The molecule has 0 aliphatic rings. The van der Waals surface area contributed by atoms with Gasteiger partial charge in [-0.15, -0.1) is 10.2 Å². The molecule has 6 heteroatoms. The lowest BCUT2D eigenvalue weighted by molar-refractivity contribution is 0.148. The van der Waals surface area contributed by atoms with Crippen molar-refractivity contribution in [3.8, 4) is 0 Å². The minimum absolute atomic E-state index is 0.307. The van der Waals surface area contributed by atoms with Crippen LogP contribution in [0.3, 0.4) is 0 Å². The standard InChI is InChI=1S/C8H10N4O2/c1-12-10-8(9-11-12)5-6(13)7-3-2-4-14-7/h2-4,6,13H,5H2,1H3. The van der Waals surface area contributed by atoms with Crippen LogP contribution in [0.1, 0.15) is 17.7 Å². The smallest absolute Gasteiger partial charge is 0.177 e. The van der Waals surface area contributed by atoms with E-state index in [2.05, 4.69) is 15.4 Å². The molecule has 74 valence electrons. The Bertz CT molecular complexity index is 395. The molecule has 2 aromatic rings. The van der Waals surface area contributed by atoms with E-state index in [1.807, 2.05) is 0 Å². The number of tetrazole rings is 1. The summed E-state index contributed by atoms with van der Waals surface area (Å²) in [5.74, 6) is 1.01. The zero-order valence-corrected chi connectivity index (χ0v) is 7.66. The van der Waals surface area contributed by atoms with E-state index < -0.39 is 6.10 Å². The van der Waals surface area contributed by atoms with Crippen LogP contribution in [0.5, 0.6) is 0 Å². The zero-order chi connectivity index (χ0) is 9.97. The summed E-state index contributed by atoms with van der Waals surface area (Å²) in [6.07, 6.45) is 1.11. The van der Waals surface area contributed by atoms with Crippen molar-refractivity contribution in [3.63, 3.8) is 0 Å². The number of aliphatic hydroxyl groups excluding tert-OH is 1. The Balaban J connectivity index is 2.05. The van der Waals surface area contributed by atoms with Crippen LogP contribution in [0.2, 0.25) is 0 Å². The normalized spacial score (nSPS) is 13.0. The number of furan rings is 1. The summed E-state index contributed by atoms with van der Waals surface area (Å²) in [6.45, 7) is 0. The predicted octanol–water partition coefficient (Wildman–Crippen LogP) is 0.0792. The summed E-state index contributed by atoms with van der Waals surface area (Å²) in [5.41, 5.74) is 0. The van der Waals surface area contributed by atoms with Crippen LogP contribution in [0, 0.1) is 0 Å². The highest BCUT2D eigenvalue weighted by Gasteiger charge is 2.13. The van der Waals surface area contributed by atoms with Gasteiger partial charge in [0.25, 0.3) is 0 Å². The van der Waals surface area contributed by atoms with Gasteiger partial charge in [-0.25, -0.2) is 0 Å². The summed E-state index contributed by atoms with van der Waals surface area (Å²) in [7, 11) is 1.68. The Morgan fingerprint density at radius 2 is 2.50 bits per heavy atom. The first-order valence-electron chi connectivity index (χ1n) is 4.20. The van der Waals surface area contributed by atoms with Gasteiger partial charge in [0.1, 0.15) is 11.9 Å². The van der Waals surface area contributed by atoms with Crippen LogP contribution >= 0.6 is 0 Å². The van der Waals surface area contributed by atoms with E-state index in [1.54, 1.807) is 19.2 Å². The maximum atomic E-state index is 9.66. The highest BCUT2D eigenvalue weighted by molar-refractivity contribution is 5.03. The number of nitrogens with zero attached hydrogens (tertiary/aromatic N) is 4. The van der Waals surface area contributed by atoms with Crippen molar-refractivity contribution >= 4 is 0 Å². The van der Waals surface area contributed by atoms with E-state index in [9.17, 15) is 5.11 Å². The number of aryl methyl sites for hydroxylation is 1. The second-order valence-corrected chi connectivity index (χ2v) is 2.93. The molecule has 6 nitrogen and oxygen atoms in total. The van der Waals surface area contributed by atoms with Crippen molar-refractivity contribution in [2.24, 2.45) is 7.05 Å². The number of aliphatic hydroxyl groups is 1. The van der Waals surface area contributed by atoms with E-state index in [0.29, 0.717) is 18.0 Å². The second kappa shape index (κ2) is 3.59.